The van der Waals surface area contributed by atoms with E-state index in [4.69, 9.17) is 5.11 Å². The predicted octanol–water partition coefficient (Wildman–Crippen LogP) is 1.34. The van der Waals surface area contributed by atoms with Gasteiger partial charge in [-0.2, -0.15) is 0 Å². The van der Waals surface area contributed by atoms with Crippen LogP contribution in [0.1, 0.15) is 0 Å². The Hall–Kier alpha value is -1.51. The number of allylic oxidation sites excluding steroid dienone is 3. The number of methoxy groups -OCH3 is 1. The van der Waals surface area contributed by atoms with Gasteiger partial charge >= 0.3 is 5.97 Å². The van der Waals surface area contributed by atoms with Crippen molar-refractivity contribution >= 4 is 5.97 Å². The highest BCUT2D eigenvalue weighted by Crippen LogP contribution is 1.89. The van der Waals surface area contributed by atoms with E-state index in [0.717, 1.165) is 0 Å². The molecule has 0 aromatic heterocycles. The van der Waals surface area contributed by atoms with Gasteiger partial charge in [-0.1, -0.05) is 12.7 Å². The molecule has 11 heavy (non-hydrogen) atoms. The molecule has 0 spiro atoms. The Morgan fingerprint density at radius 2 is 2.27 bits per heavy atom. The first-order valence-corrected chi connectivity index (χ1v) is 2.98. The molecule has 0 aliphatic heterocycles. The van der Waals surface area contributed by atoms with E-state index in [1.54, 1.807) is 0 Å². The molecule has 0 atom stereocenters. The highest BCUT2D eigenvalue weighted by molar-refractivity contribution is 5.82. The van der Waals surface area contributed by atoms with Gasteiger partial charge < -0.3 is 9.84 Å². The lowest BCUT2D eigenvalue weighted by Crippen LogP contribution is -1.92. The van der Waals surface area contributed by atoms with Crippen LogP contribution in [0, 0.1) is 0 Å². The molecule has 0 aliphatic carbocycles. The van der Waals surface area contributed by atoms with E-state index in [1.807, 2.05) is 0 Å². The number of esters is 1. The summed E-state index contributed by atoms with van der Waals surface area (Å²) in [5, 5.41) is 8.78. The summed E-state index contributed by atoms with van der Waals surface area (Å²) >= 11 is 0. The fraction of sp³-hybridized carbons (Fsp3) is 0.125. The summed E-state index contributed by atoms with van der Waals surface area (Å²) in [5.74, 6) is -0.455. The molecule has 0 aromatic rings. The third kappa shape index (κ3) is 4.96. The average molecular weight is 154 g/mol. The second kappa shape index (κ2) is 5.29. The lowest BCUT2D eigenvalue weighted by Gasteiger charge is -1.87. The van der Waals surface area contributed by atoms with Crippen LogP contribution >= 0.6 is 0 Å². The molecule has 3 nitrogen and oxygen atoms in total. The second-order valence-electron chi connectivity index (χ2n) is 1.68. The predicted molar refractivity (Wildman–Crippen MR) is 42.1 cm³/mol. The minimum atomic E-state index is -0.460. The van der Waals surface area contributed by atoms with Gasteiger partial charge in [-0.05, 0) is 12.2 Å². The number of ether oxygens (including phenoxy) is 1. The quantitative estimate of drug-likeness (QED) is 0.289. The van der Waals surface area contributed by atoms with Crippen LogP contribution < -0.4 is 0 Å². The molecule has 0 amide bonds. The van der Waals surface area contributed by atoms with E-state index in [1.165, 1.54) is 31.4 Å². The van der Waals surface area contributed by atoms with Gasteiger partial charge in [-0.15, -0.1) is 0 Å². The van der Waals surface area contributed by atoms with Gasteiger partial charge in [-0.3, -0.25) is 0 Å². The van der Waals surface area contributed by atoms with Gasteiger partial charge in [0.05, 0.1) is 7.11 Å². The fourth-order valence-electron chi connectivity index (χ4n) is 0.361. The Balaban J connectivity index is 3.95. The summed E-state index contributed by atoms with van der Waals surface area (Å²) in [6, 6.07) is 0. The SMILES string of the molecule is C=C/C(O)=C\C=C\C(=O)OC. The largest absolute Gasteiger partial charge is 0.508 e. The van der Waals surface area contributed by atoms with Gasteiger partial charge in [-0.25, -0.2) is 4.79 Å². The van der Waals surface area contributed by atoms with Crippen molar-refractivity contribution in [2.75, 3.05) is 7.11 Å². The van der Waals surface area contributed by atoms with Crippen LogP contribution in [0.5, 0.6) is 0 Å². The van der Waals surface area contributed by atoms with Crippen LogP contribution in [0.3, 0.4) is 0 Å². The van der Waals surface area contributed by atoms with Crippen LogP contribution in [-0.2, 0) is 9.53 Å². The highest BCUT2D eigenvalue weighted by Gasteiger charge is 1.87. The zero-order valence-electron chi connectivity index (χ0n) is 6.28. The lowest BCUT2D eigenvalue weighted by atomic mass is 10.4. The van der Waals surface area contributed by atoms with Crippen molar-refractivity contribution in [2.24, 2.45) is 0 Å². The highest BCUT2D eigenvalue weighted by atomic mass is 16.5. The van der Waals surface area contributed by atoms with Crippen LogP contribution in [-0.4, -0.2) is 18.2 Å². The Morgan fingerprint density at radius 3 is 2.73 bits per heavy atom. The maximum Gasteiger partial charge on any atom is 0.330 e. The molecule has 60 valence electrons. The number of hydrogen-bond donors (Lipinski definition) is 1. The first-order chi connectivity index (χ1) is 5.20. The average Bonchev–Trinajstić information content (AvgIpc) is 2.04. The van der Waals surface area contributed by atoms with Gasteiger partial charge in [0.25, 0.3) is 0 Å². The van der Waals surface area contributed by atoms with Crippen molar-refractivity contribution < 1.29 is 14.6 Å². The van der Waals surface area contributed by atoms with Crippen molar-refractivity contribution in [1.29, 1.82) is 0 Å². The molecule has 0 saturated carbocycles. The van der Waals surface area contributed by atoms with Crippen LogP contribution in [0.2, 0.25) is 0 Å². The minimum Gasteiger partial charge on any atom is -0.508 e. The number of aliphatic hydroxyl groups excluding tert-OH is 1. The van der Waals surface area contributed by atoms with Crippen molar-refractivity contribution in [3.63, 3.8) is 0 Å². The van der Waals surface area contributed by atoms with Crippen molar-refractivity contribution in [3.05, 3.63) is 36.6 Å². The summed E-state index contributed by atoms with van der Waals surface area (Å²) in [7, 11) is 1.28. The van der Waals surface area contributed by atoms with Crippen molar-refractivity contribution in [1.82, 2.24) is 0 Å². The summed E-state index contributed by atoms with van der Waals surface area (Å²) in [5.41, 5.74) is 0. The molecule has 0 aromatic carbocycles. The van der Waals surface area contributed by atoms with Crippen molar-refractivity contribution in [3.8, 4) is 0 Å². The van der Waals surface area contributed by atoms with E-state index in [-0.39, 0.29) is 5.76 Å². The number of rotatable bonds is 3. The van der Waals surface area contributed by atoms with Crippen LogP contribution in [0.25, 0.3) is 0 Å². The van der Waals surface area contributed by atoms with E-state index >= 15 is 0 Å². The summed E-state index contributed by atoms with van der Waals surface area (Å²) in [4.78, 5) is 10.4. The molecule has 3 heteroatoms. The zero-order valence-corrected chi connectivity index (χ0v) is 6.28. The molecule has 0 aliphatic rings. The summed E-state index contributed by atoms with van der Waals surface area (Å²) in [6.07, 6.45) is 5.17. The topological polar surface area (TPSA) is 46.5 Å². The zero-order chi connectivity index (χ0) is 8.69. The molecule has 1 N–H and O–H groups in total. The molecule has 0 unspecified atom stereocenters. The molecular formula is C8H10O3. The number of hydrogen-bond acceptors (Lipinski definition) is 3. The lowest BCUT2D eigenvalue weighted by molar-refractivity contribution is -0.134. The smallest absolute Gasteiger partial charge is 0.330 e. The van der Waals surface area contributed by atoms with Crippen molar-refractivity contribution in [2.45, 2.75) is 0 Å². The van der Waals surface area contributed by atoms with Gasteiger partial charge in [0.15, 0.2) is 0 Å². The molecule has 0 radical (unpaired) electrons. The van der Waals surface area contributed by atoms with Gasteiger partial charge in [0, 0.05) is 6.08 Å². The van der Waals surface area contributed by atoms with E-state index in [0.29, 0.717) is 0 Å². The summed E-state index contributed by atoms with van der Waals surface area (Å²) in [6.45, 7) is 3.31. The minimum absolute atomic E-state index is 0.00477. The maximum absolute atomic E-state index is 10.4. The first-order valence-electron chi connectivity index (χ1n) is 2.98. The van der Waals surface area contributed by atoms with Crippen LogP contribution in [0.15, 0.2) is 36.6 Å². The second-order valence-corrected chi connectivity index (χ2v) is 1.68. The van der Waals surface area contributed by atoms with E-state index < -0.39 is 5.97 Å². The standard InChI is InChI=1S/C8H10O3/c1-3-7(9)5-4-6-8(10)11-2/h3-6,9H,1H2,2H3/b6-4+,7-5+. The van der Waals surface area contributed by atoms with Crippen LogP contribution in [0.4, 0.5) is 0 Å². The molecule has 0 saturated heterocycles. The Kier molecular flexibility index (Phi) is 4.56. The third-order valence-electron chi connectivity index (χ3n) is 0.910. The molecular weight excluding hydrogens is 144 g/mol. The number of carbonyl (C=O) groups is 1. The van der Waals surface area contributed by atoms with E-state index in [2.05, 4.69) is 11.3 Å². The van der Waals surface area contributed by atoms with E-state index in [9.17, 15) is 4.79 Å². The van der Waals surface area contributed by atoms with Gasteiger partial charge in [0.2, 0.25) is 0 Å². The Morgan fingerprint density at radius 1 is 1.64 bits per heavy atom. The number of carbonyl (C=O) groups excluding carboxylic acids is 1. The molecule has 0 bridgehead atoms. The Labute approximate surface area is 65.3 Å². The molecule has 0 fully saturated rings. The maximum atomic E-state index is 10.4. The normalized spacial score (nSPS) is 11.5. The number of aliphatic hydroxyl groups is 1. The fourth-order valence-corrected chi connectivity index (χ4v) is 0.361. The summed E-state index contributed by atoms with van der Waals surface area (Å²) < 4.78 is 4.30. The van der Waals surface area contributed by atoms with Gasteiger partial charge in [0.1, 0.15) is 5.76 Å². The third-order valence-corrected chi connectivity index (χ3v) is 0.910. The monoisotopic (exact) mass is 154 g/mol. The Bertz CT molecular complexity index is 201. The molecule has 0 rings (SSSR count). The molecule has 0 heterocycles. The first kappa shape index (κ1) is 9.49.